The molecule has 0 aromatic carbocycles. The van der Waals surface area contributed by atoms with Crippen LogP contribution in [0.3, 0.4) is 0 Å². The van der Waals surface area contributed by atoms with Gasteiger partial charge in [0.2, 0.25) is 5.91 Å². The Morgan fingerprint density at radius 2 is 2.05 bits per heavy atom. The first-order valence-electron chi connectivity index (χ1n) is 7.00. The van der Waals surface area contributed by atoms with E-state index in [0.717, 1.165) is 30.4 Å². The molecule has 1 aromatic rings. The number of hydrogen-bond acceptors (Lipinski definition) is 5. The molecule has 1 unspecified atom stereocenters. The second-order valence-corrected chi connectivity index (χ2v) is 6.45. The number of carboxylic acids is 1. The first-order chi connectivity index (χ1) is 9.90. The molecular formula is C13H20N4O3S. The van der Waals surface area contributed by atoms with Crippen LogP contribution in [0.2, 0.25) is 0 Å². The van der Waals surface area contributed by atoms with Gasteiger partial charge < -0.3 is 10.4 Å². The highest BCUT2D eigenvalue weighted by atomic mass is 32.2. The van der Waals surface area contributed by atoms with E-state index in [2.05, 4.69) is 15.5 Å². The topological polar surface area (TPSA) is 97.1 Å². The van der Waals surface area contributed by atoms with Gasteiger partial charge in [0.25, 0.3) is 0 Å². The summed E-state index contributed by atoms with van der Waals surface area (Å²) in [6.07, 6.45) is 2.08. The van der Waals surface area contributed by atoms with Crippen molar-refractivity contribution in [3.63, 3.8) is 0 Å². The highest BCUT2D eigenvalue weighted by Gasteiger charge is 2.33. The van der Waals surface area contributed by atoms with Crippen molar-refractivity contribution in [2.24, 2.45) is 0 Å². The van der Waals surface area contributed by atoms with Crippen LogP contribution in [-0.4, -0.2) is 43.5 Å². The fourth-order valence-corrected chi connectivity index (χ4v) is 2.76. The van der Waals surface area contributed by atoms with Gasteiger partial charge in [0.1, 0.15) is 11.9 Å². The fourth-order valence-electron chi connectivity index (χ4n) is 2.02. The molecule has 1 fully saturated rings. The van der Waals surface area contributed by atoms with Crippen LogP contribution in [0.25, 0.3) is 0 Å². The van der Waals surface area contributed by atoms with Crippen LogP contribution in [-0.2, 0) is 9.59 Å². The summed E-state index contributed by atoms with van der Waals surface area (Å²) in [5.74, 6) is 0.00682. The van der Waals surface area contributed by atoms with Crippen molar-refractivity contribution >= 4 is 23.6 Å². The number of carboxylic acid groups (broad SMARTS) is 1. The molecule has 2 N–H and O–H groups in total. The Kier molecular flexibility index (Phi) is 4.87. The molecule has 1 amide bonds. The first kappa shape index (κ1) is 15.8. The standard InChI is InChI=1S/C13H20N4O3S/c1-7(2)14-12(20)8(3)17-11(9-4-5-9)15-16-13(17)21-6-10(18)19/h7-9H,4-6H2,1-3H3,(H,14,20)(H,18,19). The van der Waals surface area contributed by atoms with Gasteiger partial charge in [-0.25, -0.2) is 0 Å². The molecule has 0 aliphatic heterocycles. The lowest BCUT2D eigenvalue weighted by molar-refractivity contribution is -0.134. The van der Waals surface area contributed by atoms with Crippen LogP contribution in [0.4, 0.5) is 0 Å². The van der Waals surface area contributed by atoms with Gasteiger partial charge in [-0.3, -0.25) is 14.2 Å². The zero-order valence-electron chi connectivity index (χ0n) is 12.4. The quantitative estimate of drug-likeness (QED) is 0.739. The lowest BCUT2D eigenvalue weighted by atomic mass is 10.2. The van der Waals surface area contributed by atoms with Gasteiger partial charge >= 0.3 is 5.97 Å². The van der Waals surface area contributed by atoms with Crippen molar-refractivity contribution < 1.29 is 14.7 Å². The molecule has 1 aromatic heterocycles. The fraction of sp³-hybridized carbons (Fsp3) is 0.692. The van der Waals surface area contributed by atoms with E-state index >= 15 is 0 Å². The normalized spacial score (nSPS) is 16.0. The number of nitrogens with one attached hydrogen (secondary N) is 1. The summed E-state index contributed by atoms with van der Waals surface area (Å²) < 4.78 is 1.78. The molecule has 1 aliphatic rings. The molecule has 1 atom stereocenters. The highest BCUT2D eigenvalue weighted by Crippen LogP contribution is 2.41. The van der Waals surface area contributed by atoms with Crippen molar-refractivity contribution in [3.8, 4) is 0 Å². The Balaban J connectivity index is 2.23. The maximum absolute atomic E-state index is 12.2. The molecule has 0 radical (unpaired) electrons. The molecule has 0 spiro atoms. The molecular weight excluding hydrogens is 292 g/mol. The smallest absolute Gasteiger partial charge is 0.313 e. The van der Waals surface area contributed by atoms with Crippen LogP contribution in [0, 0.1) is 0 Å². The highest BCUT2D eigenvalue weighted by molar-refractivity contribution is 7.99. The van der Waals surface area contributed by atoms with E-state index in [1.54, 1.807) is 11.5 Å². The van der Waals surface area contributed by atoms with Crippen molar-refractivity contribution in [2.45, 2.75) is 56.8 Å². The molecule has 116 valence electrons. The zero-order chi connectivity index (χ0) is 15.6. The molecule has 8 heteroatoms. The lowest BCUT2D eigenvalue weighted by Gasteiger charge is -2.19. The van der Waals surface area contributed by atoms with Crippen LogP contribution < -0.4 is 5.32 Å². The van der Waals surface area contributed by atoms with Crippen molar-refractivity contribution in [1.82, 2.24) is 20.1 Å². The Bertz CT molecular complexity index is 540. The van der Waals surface area contributed by atoms with Crippen molar-refractivity contribution in [3.05, 3.63) is 5.82 Å². The minimum Gasteiger partial charge on any atom is -0.481 e. The zero-order valence-corrected chi connectivity index (χ0v) is 13.2. The molecule has 1 aliphatic carbocycles. The number of hydrogen-bond donors (Lipinski definition) is 2. The average Bonchev–Trinajstić information content (AvgIpc) is 3.15. The molecule has 21 heavy (non-hydrogen) atoms. The predicted molar refractivity (Wildman–Crippen MR) is 78.3 cm³/mol. The monoisotopic (exact) mass is 312 g/mol. The second-order valence-electron chi connectivity index (χ2n) is 5.51. The minimum absolute atomic E-state index is 0.0518. The number of carbonyl (C=O) groups is 2. The van der Waals surface area contributed by atoms with Gasteiger partial charge in [0, 0.05) is 12.0 Å². The van der Waals surface area contributed by atoms with Gasteiger partial charge in [-0.05, 0) is 33.6 Å². The minimum atomic E-state index is -0.915. The molecule has 7 nitrogen and oxygen atoms in total. The molecule has 0 saturated heterocycles. The average molecular weight is 312 g/mol. The van der Waals surface area contributed by atoms with Crippen LogP contribution in [0.1, 0.15) is 51.4 Å². The van der Waals surface area contributed by atoms with Crippen molar-refractivity contribution in [2.75, 3.05) is 5.75 Å². The largest absolute Gasteiger partial charge is 0.481 e. The Labute approximate surface area is 127 Å². The second kappa shape index (κ2) is 6.46. The summed E-state index contributed by atoms with van der Waals surface area (Å²) in [6, 6.07) is -0.398. The summed E-state index contributed by atoms with van der Waals surface area (Å²) in [5.41, 5.74) is 0. The van der Waals surface area contributed by atoms with E-state index in [0.29, 0.717) is 11.1 Å². The number of aliphatic carboxylic acids is 1. The summed E-state index contributed by atoms with van der Waals surface area (Å²) in [7, 11) is 0. The van der Waals surface area contributed by atoms with Gasteiger partial charge in [0.05, 0.1) is 5.75 Å². The van der Waals surface area contributed by atoms with Crippen LogP contribution in [0.5, 0.6) is 0 Å². The third kappa shape index (κ3) is 3.96. The van der Waals surface area contributed by atoms with E-state index in [1.807, 2.05) is 13.8 Å². The van der Waals surface area contributed by atoms with Crippen LogP contribution >= 0.6 is 11.8 Å². The Morgan fingerprint density at radius 1 is 1.38 bits per heavy atom. The van der Waals surface area contributed by atoms with Gasteiger partial charge in [-0.1, -0.05) is 11.8 Å². The maximum atomic E-state index is 12.2. The number of aromatic nitrogens is 3. The first-order valence-corrected chi connectivity index (χ1v) is 7.98. The summed E-state index contributed by atoms with van der Waals surface area (Å²) in [5, 5.41) is 20.4. The molecule has 2 rings (SSSR count). The third-order valence-corrected chi connectivity index (χ3v) is 4.08. The van der Waals surface area contributed by atoms with E-state index in [9.17, 15) is 9.59 Å². The Morgan fingerprint density at radius 3 is 2.57 bits per heavy atom. The number of thioether (sulfide) groups is 1. The predicted octanol–water partition coefficient (Wildman–Crippen LogP) is 1.42. The third-order valence-electron chi connectivity index (χ3n) is 3.16. The van der Waals surface area contributed by atoms with Gasteiger partial charge in [0.15, 0.2) is 5.16 Å². The number of nitrogens with zero attached hydrogens (tertiary/aromatic N) is 3. The molecule has 0 bridgehead atoms. The summed E-state index contributed by atoms with van der Waals surface area (Å²) in [6.45, 7) is 5.59. The molecule has 1 heterocycles. The van der Waals surface area contributed by atoms with Gasteiger partial charge in [-0.15, -0.1) is 10.2 Å². The summed E-state index contributed by atoms with van der Waals surface area (Å²) >= 11 is 1.10. The number of carbonyl (C=O) groups excluding carboxylic acids is 1. The van der Waals surface area contributed by atoms with Gasteiger partial charge in [-0.2, -0.15) is 0 Å². The van der Waals surface area contributed by atoms with E-state index in [1.165, 1.54) is 0 Å². The van der Waals surface area contributed by atoms with E-state index in [4.69, 9.17) is 5.11 Å². The SMILES string of the molecule is CC(C)NC(=O)C(C)n1c(SCC(=O)O)nnc1C1CC1. The van der Waals surface area contributed by atoms with Crippen LogP contribution in [0.15, 0.2) is 5.16 Å². The number of rotatable bonds is 7. The summed E-state index contributed by atoms with van der Waals surface area (Å²) in [4.78, 5) is 23.0. The van der Waals surface area contributed by atoms with E-state index < -0.39 is 12.0 Å². The lowest BCUT2D eigenvalue weighted by Crippen LogP contribution is -2.36. The van der Waals surface area contributed by atoms with Crippen molar-refractivity contribution in [1.29, 1.82) is 0 Å². The Hall–Kier alpha value is -1.57. The van der Waals surface area contributed by atoms with E-state index in [-0.39, 0.29) is 17.7 Å². The maximum Gasteiger partial charge on any atom is 0.313 e. The number of amides is 1. The molecule has 1 saturated carbocycles.